The lowest BCUT2D eigenvalue weighted by Gasteiger charge is -2.13. The van der Waals surface area contributed by atoms with Crippen molar-refractivity contribution in [3.8, 4) is 5.75 Å². The minimum Gasteiger partial charge on any atom is -0.489 e. The zero-order chi connectivity index (χ0) is 14.5. The van der Waals surface area contributed by atoms with Gasteiger partial charge in [-0.15, -0.1) is 0 Å². The average Bonchev–Trinajstić information content (AvgIpc) is 2.41. The molecule has 2 aromatic carbocycles. The Morgan fingerprint density at radius 2 is 1.90 bits per heavy atom. The Kier molecular flexibility index (Phi) is 5.24. The van der Waals surface area contributed by atoms with E-state index in [0.29, 0.717) is 34.3 Å². The van der Waals surface area contributed by atoms with Crippen molar-refractivity contribution in [1.29, 1.82) is 0 Å². The molecule has 5 heteroatoms. The summed E-state index contributed by atoms with van der Waals surface area (Å²) in [7, 11) is 0. The molecular weight excluding hydrogens is 300 g/mol. The summed E-state index contributed by atoms with van der Waals surface area (Å²) in [5, 5.41) is 0.963. The normalized spacial score (nSPS) is 10.6. The lowest BCUT2D eigenvalue weighted by atomic mass is 10.1. The smallest absolute Gasteiger partial charge is 0.124 e. The zero-order valence-corrected chi connectivity index (χ0v) is 12.2. The van der Waals surface area contributed by atoms with Crippen LogP contribution in [0.25, 0.3) is 0 Å². The van der Waals surface area contributed by atoms with Crippen LogP contribution in [-0.4, -0.2) is 6.54 Å². The predicted octanol–water partition coefficient (Wildman–Crippen LogP) is 4.21. The average molecular weight is 314 g/mol. The maximum absolute atomic E-state index is 13.0. The number of nitrogens with two attached hydrogens (primary N) is 1. The van der Waals surface area contributed by atoms with Crippen LogP contribution in [0, 0.1) is 5.82 Å². The van der Waals surface area contributed by atoms with E-state index in [1.807, 2.05) is 12.1 Å². The zero-order valence-electron chi connectivity index (χ0n) is 10.7. The molecule has 106 valence electrons. The third-order valence-corrected chi connectivity index (χ3v) is 3.57. The summed E-state index contributed by atoms with van der Waals surface area (Å²) < 4.78 is 18.7. The molecule has 0 amide bonds. The molecule has 2 N–H and O–H groups in total. The van der Waals surface area contributed by atoms with E-state index in [9.17, 15) is 4.39 Å². The van der Waals surface area contributed by atoms with Crippen molar-refractivity contribution in [2.75, 3.05) is 6.54 Å². The standard InChI is InChI=1S/C15H14Cl2FNO/c16-13-2-1-3-15(12(13)6-7-19)20-9-10-4-5-11(18)8-14(10)17/h1-5,8H,6-7,9,19H2. The third kappa shape index (κ3) is 3.63. The Balaban J connectivity index is 2.16. The van der Waals surface area contributed by atoms with Crippen LogP contribution >= 0.6 is 23.2 Å². The Labute approximate surface area is 127 Å². The van der Waals surface area contributed by atoms with Crippen LogP contribution < -0.4 is 10.5 Å². The van der Waals surface area contributed by atoms with Gasteiger partial charge in [-0.05, 0) is 37.2 Å². The molecule has 0 heterocycles. The fourth-order valence-corrected chi connectivity index (χ4v) is 2.34. The first-order valence-corrected chi connectivity index (χ1v) is 6.91. The van der Waals surface area contributed by atoms with E-state index >= 15 is 0 Å². The Bertz CT molecular complexity index is 604. The van der Waals surface area contributed by atoms with E-state index < -0.39 is 0 Å². The highest BCUT2D eigenvalue weighted by Gasteiger charge is 2.09. The van der Waals surface area contributed by atoms with Gasteiger partial charge >= 0.3 is 0 Å². The maximum atomic E-state index is 13.0. The number of hydrogen-bond donors (Lipinski definition) is 1. The van der Waals surface area contributed by atoms with E-state index in [1.165, 1.54) is 12.1 Å². The molecule has 2 aromatic rings. The van der Waals surface area contributed by atoms with Gasteiger partial charge in [0.15, 0.2) is 0 Å². The van der Waals surface area contributed by atoms with Crippen molar-refractivity contribution in [3.63, 3.8) is 0 Å². The molecule has 0 saturated heterocycles. The molecule has 0 aliphatic rings. The monoisotopic (exact) mass is 313 g/mol. The van der Waals surface area contributed by atoms with Crippen LogP contribution in [0.3, 0.4) is 0 Å². The molecule has 0 aromatic heterocycles. The minimum atomic E-state index is -0.370. The van der Waals surface area contributed by atoms with Crippen molar-refractivity contribution in [2.24, 2.45) is 5.73 Å². The highest BCUT2D eigenvalue weighted by molar-refractivity contribution is 6.31. The highest BCUT2D eigenvalue weighted by Crippen LogP contribution is 2.28. The van der Waals surface area contributed by atoms with Crippen LogP contribution in [0.15, 0.2) is 36.4 Å². The summed E-state index contributed by atoms with van der Waals surface area (Å²) in [4.78, 5) is 0. The van der Waals surface area contributed by atoms with Crippen molar-refractivity contribution in [3.05, 3.63) is 63.4 Å². The van der Waals surface area contributed by atoms with E-state index in [1.54, 1.807) is 12.1 Å². The number of ether oxygens (including phenoxy) is 1. The predicted molar refractivity (Wildman–Crippen MR) is 80.0 cm³/mol. The molecule has 2 nitrogen and oxygen atoms in total. The van der Waals surface area contributed by atoms with Gasteiger partial charge in [0.2, 0.25) is 0 Å². The van der Waals surface area contributed by atoms with E-state index in [2.05, 4.69) is 0 Å². The van der Waals surface area contributed by atoms with E-state index in [0.717, 1.165) is 5.56 Å². The maximum Gasteiger partial charge on any atom is 0.124 e. The highest BCUT2D eigenvalue weighted by atomic mass is 35.5. The first-order valence-electron chi connectivity index (χ1n) is 6.16. The van der Waals surface area contributed by atoms with Crippen LogP contribution in [0.5, 0.6) is 5.75 Å². The van der Waals surface area contributed by atoms with Crippen LogP contribution in [0.2, 0.25) is 10.0 Å². The second kappa shape index (κ2) is 6.93. The minimum absolute atomic E-state index is 0.247. The second-order valence-electron chi connectivity index (χ2n) is 4.28. The van der Waals surface area contributed by atoms with Gasteiger partial charge in [0.1, 0.15) is 18.2 Å². The van der Waals surface area contributed by atoms with Crippen LogP contribution in [0.4, 0.5) is 4.39 Å². The SMILES string of the molecule is NCCc1c(Cl)cccc1OCc1ccc(F)cc1Cl. The molecule has 0 saturated carbocycles. The summed E-state index contributed by atoms with van der Waals surface area (Å²) in [5.41, 5.74) is 7.15. The van der Waals surface area contributed by atoms with Crippen LogP contribution in [0.1, 0.15) is 11.1 Å². The van der Waals surface area contributed by atoms with Gasteiger partial charge in [-0.25, -0.2) is 4.39 Å². The largest absolute Gasteiger partial charge is 0.489 e. The topological polar surface area (TPSA) is 35.2 Å². The molecule has 2 rings (SSSR count). The Hall–Kier alpha value is -1.29. The molecule has 0 fully saturated rings. The van der Waals surface area contributed by atoms with E-state index in [4.69, 9.17) is 33.7 Å². The third-order valence-electron chi connectivity index (χ3n) is 2.87. The summed E-state index contributed by atoms with van der Waals surface area (Å²) in [5.74, 6) is 0.300. The summed E-state index contributed by atoms with van der Waals surface area (Å²) in [6.07, 6.45) is 0.631. The number of halogens is 3. The summed E-state index contributed by atoms with van der Waals surface area (Å²) >= 11 is 12.1. The number of benzene rings is 2. The molecule has 20 heavy (non-hydrogen) atoms. The molecule has 0 aliphatic carbocycles. The molecule has 0 radical (unpaired) electrons. The van der Waals surface area contributed by atoms with Crippen molar-refractivity contribution in [1.82, 2.24) is 0 Å². The quantitative estimate of drug-likeness (QED) is 0.897. The Morgan fingerprint density at radius 1 is 1.10 bits per heavy atom. The summed E-state index contributed by atoms with van der Waals surface area (Å²) in [6, 6.07) is 9.65. The lowest BCUT2D eigenvalue weighted by Crippen LogP contribution is -2.06. The molecule has 0 spiro atoms. The number of hydrogen-bond acceptors (Lipinski definition) is 2. The van der Waals surface area contributed by atoms with E-state index in [-0.39, 0.29) is 12.4 Å². The fourth-order valence-electron chi connectivity index (χ4n) is 1.86. The number of rotatable bonds is 5. The fraction of sp³-hybridized carbons (Fsp3) is 0.200. The first-order chi connectivity index (χ1) is 9.61. The first kappa shape index (κ1) is 15.1. The van der Waals surface area contributed by atoms with Gasteiger partial charge in [0.25, 0.3) is 0 Å². The van der Waals surface area contributed by atoms with Crippen molar-refractivity contribution >= 4 is 23.2 Å². The summed E-state index contributed by atoms with van der Waals surface area (Å²) in [6.45, 7) is 0.731. The molecule has 0 unspecified atom stereocenters. The molecule has 0 atom stereocenters. The van der Waals surface area contributed by atoms with Gasteiger partial charge in [0, 0.05) is 16.1 Å². The van der Waals surface area contributed by atoms with Gasteiger partial charge in [0.05, 0.1) is 5.02 Å². The molecule has 0 aliphatic heterocycles. The van der Waals surface area contributed by atoms with Gasteiger partial charge in [-0.2, -0.15) is 0 Å². The molecule has 0 bridgehead atoms. The van der Waals surface area contributed by atoms with Gasteiger partial charge < -0.3 is 10.5 Å². The van der Waals surface area contributed by atoms with Crippen LogP contribution in [-0.2, 0) is 13.0 Å². The second-order valence-corrected chi connectivity index (χ2v) is 5.09. The van der Waals surface area contributed by atoms with Crippen molar-refractivity contribution in [2.45, 2.75) is 13.0 Å². The van der Waals surface area contributed by atoms with Crippen molar-refractivity contribution < 1.29 is 9.13 Å². The lowest BCUT2D eigenvalue weighted by molar-refractivity contribution is 0.303. The Morgan fingerprint density at radius 3 is 2.60 bits per heavy atom. The van der Waals surface area contributed by atoms with Gasteiger partial charge in [-0.1, -0.05) is 35.3 Å². The molecular formula is C15H14Cl2FNO. The van der Waals surface area contributed by atoms with Gasteiger partial charge in [-0.3, -0.25) is 0 Å².